The van der Waals surface area contributed by atoms with Crippen molar-refractivity contribution in [3.63, 3.8) is 0 Å². The normalized spacial score (nSPS) is 15.0. The lowest BCUT2D eigenvalue weighted by molar-refractivity contribution is 0.188. The minimum absolute atomic E-state index is 0.542. The van der Waals surface area contributed by atoms with E-state index in [2.05, 4.69) is 34.7 Å². The van der Waals surface area contributed by atoms with Gasteiger partial charge in [0.15, 0.2) is 17.0 Å². The molecule has 0 bridgehead atoms. The summed E-state index contributed by atoms with van der Waals surface area (Å²) in [6.45, 7) is 4.55. The van der Waals surface area contributed by atoms with Crippen LogP contribution in [0.4, 0.5) is 11.8 Å². The maximum absolute atomic E-state index is 5.86. The van der Waals surface area contributed by atoms with Crippen LogP contribution in [0.3, 0.4) is 0 Å². The number of imidazole rings is 1. The van der Waals surface area contributed by atoms with Crippen molar-refractivity contribution in [2.45, 2.75) is 6.54 Å². The molecule has 0 spiro atoms. The zero-order valence-electron chi connectivity index (χ0n) is 14.4. The number of methoxy groups -OCH3 is 1. The lowest BCUT2D eigenvalue weighted by atomic mass is 10.3. The molecule has 0 radical (unpaired) electrons. The molecule has 0 N–H and O–H groups in total. The van der Waals surface area contributed by atoms with Gasteiger partial charge < -0.3 is 19.1 Å². The second kappa shape index (κ2) is 7.38. The van der Waals surface area contributed by atoms with Gasteiger partial charge >= 0.3 is 0 Å². The lowest BCUT2D eigenvalue weighted by Gasteiger charge is -2.35. The average Bonchev–Trinajstić information content (AvgIpc) is 3.10. The van der Waals surface area contributed by atoms with Gasteiger partial charge in [-0.1, -0.05) is 11.6 Å². The molecule has 26 heavy (non-hydrogen) atoms. The van der Waals surface area contributed by atoms with Crippen molar-refractivity contribution in [1.29, 1.82) is 0 Å². The van der Waals surface area contributed by atoms with Gasteiger partial charge in [-0.2, -0.15) is 0 Å². The van der Waals surface area contributed by atoms with E-state index in [4.69, 9.17) is 16.3 Å². The fourth-order valence-electron chi connectivity index (χ4n) is 3.04. The number of fused-ring (bicyclic) bond motifs is 1. The number of hydrogen-bond acceptors (Lipinski definition) is 8. The third-order valence-electron chi connectivity index (χ3n) is 4.39. The molecule has 0 atom stereocenters. The summed E-state index contributed by atoms with van der Waals surface area (Å²) in [5.41, 5.74) is 1.65. The largest absolute Gasteiger partial charge is 0.383 e. The SMILES string of the molecule is COCCn1cnc2c(N3CCN(c4ncc(Cl)cn4)CC3)ncnc21. The van der Waals surface area contributed by atoms with Crippen molar-refractivity contribution in [2.24, 2.45) is 0 Å². The second-order valence-corrected chi connectivity index (χ2v) is 6.41. The van der Waals surface area contributed by atoms with Crippen LogP contribution in [0, 0.1) is 0 Å². The molecule has 1 saturated heterocycles. The Labute approximate surface area is 155 Å². The van der Waals surface area contributed by atoms with E-state index < -0.39 is 0 Å². The van der Waals surface area contributed by atoms with Crippen LogP contribution in [0.2, 0.25) is 5.02 Å². The number of ether oxygens (including phenoxy) is 1. The van der Waals surface area contributed by atoms with Crippen molar-refractivity contribution >= 4 is 34.5 Å². The van der Waals surface area contributed by atoms with Crippen molar-refractivity contribution < 1.29 is 4.74 Å². The number of halogens is 1. The zero-order valence-corrected chi connectivity index (χ0v) is 15.2. The number of hydrogen-bond donors (Lipinski definition) is 0. The molecule has 10 heteroatoms. The van der Waals surface area contributed by atoms with Gasteiger partial charge in [0.2, 0.25) is 5.95 Å². The highest BCUT2D eigenvalue weighted by atomic mass is 35.5. The first-order valence-corrected chi connectivity index (χ1v) is 8.76. The van der Waals surface area contributed by atoms with Gasteiger partial charge in [-0.05, 0) is 0 Å². The van der Waals surface area contributed by atoms with Crippen molar-refractivity contribution in [2.75, 3.05) is 49.7 Å². The zero-order chi connectivity index (χ0) is 17.9. The van der Waals surface area contributed by atoms with Gasteiger partial charge in [0.05, 0.1) is 30.4 Å². The van der Waals surface area contributed by atoms with Crippen LogP contribution >= 0.6 is 11.6 Å². The van der Waals surface area contributed by atoms with E-state index in [1.54, 1.807) is 32.2 Å². The number of piperazine rings is 1. The first-order chi connectivity index (χ1) is 12.8. The maximum Gasteiger partial charge on any atom is 0.225 e. The van der Waals surface area contributed by atoms with Crippen molar-refractivity contribution in [1.82, 2.24) is 29.5 Å². The third kappa shape index (κ3) is 3.27. The Morgan fingerprint density at radius 1 is 1.00 bits per heavy atom. The van der Waals surface area contributed by atoms with Crippen LogP contribution in [-0.4, -0.2) is 69.4 Å². The molecule has 3 aromatic rings. The predicted octanol–water partition coefficient (Wildman–Crippen LogP) is 1.24. The molecular weight excluding hydrogens is 356 g/mol. The molecule has 0 aromatic carbocycles. The van der Waals surface area contributed by atoms with E-state index in [-0.39, 0.29) is 0 Å². The summed E-state index contributed by atoms with van der Waals surface area (Å²) in [7, 11) is 1.68. The number of aromatic nitrogens is 6. The van der Waals surface area contributed by atoms with E-state index in [1.807, 2.05) is 4.57 Å². The van der Waals surface area contributed by atoms with Gasteiger partial charge in [0.1, 0.15) is 6.33 Å². The molecule has 3 aromatic heterocycles. The van der Waals surface area contributed by atoms with E-state index in [9.17, 15) is 0 Å². The van der Waals surface area contributed by atoms with E-state index in [1.165, 1.54) is 0 Å². The Hall–Kier alpha value is -2.52. The van der Waals surface area contributed by atoms with E-state index >= 15 is 0 Å². The highest BCUT2D eigenvalue weighted by Crippen LogP contribution is 2.23. The summed E-state index contributed by atoms with van der Waals surface area (Å²) in [4.78, 5) is 26.3. The standard InChI is InChI=1S/C16H19ClN8O/c1-26-7-6-25-11-22-13-14(20-10-21-15(13)25)23-2-4-24(5-3-23)16-18-8-12(17)9-19-16/h8-11H,2-7H2,1H3. The Balaban J connectivity index is 1.50. The van der Waals surface area contributed by atoms with E-state index in [0.29, 0.717) is 24.1 Å². The smallest absolute Gasteiger partial charge is 0.225 e. The molecule has 4 heterocycles. The van der Waals surface area contributed by atoms with Gasteiger partial charge in [-0.25, -0.2) is 24.9 Å². The minimum Gasteiger partial charge on any atom is -0.383 e. The summed E-state index contributed by atoms with van der Waals surface area (Å²) in [6.07, 6.45) is 6.63. The van der Waals surface area contributed by atoms with Crippen LogP contribution < -0.4 is 9.80 Å². The molecular formula is C16H19ClN8O. The van der Waals surface area contributed by atoms with Crippen molar-refractivity contribution in [3.05, 3.63) is 30.1 Å². The molecule has 1 fully saturated rings. The summed E-state index contributed by atoms with van der Waals surface area (Å²) in [6, 6.07) is 0. The first kappa shape index (κ1) is 16.9. The quantitative estimate of drug-likeness (QED) is 0.659. The Morgan fingerprint density at radius 3 is 2.46 bits per heavy atom. The maximum atomic E-state index is 5.86. The van der Waals surface area contributed by atoms with Gasteiger partial charge in [0, 0.05) is 39.8 Å². The molecule has 0 aliphatic carbocycles. The van der Waals surface area contributed by atoms with Crippen LogP contribution in [-0.2, 0) is 11.3 Å². The van der Waals surface area contributed by atoms with Gasteiger partial charge in [0.25, 0.3) is 0 Å². The molecule has 136 valence electrons. The third-order valence-corrected chi connectivity index (χ3v) is 4.58. The van der Waals surface area contributed by atoms with E-state index in [0.717, 1.165) is 43.2 Å². The monoisotopic (exact) mass is 374 g/mol. The van der Waals surface area contributed by atoms with Crippen LogP contribution in [0.5, 0.6) is 0 Å². The van der Waals surface area contributed by atoms with Gasteiger partial charge in [-0.3, -0.25) is 0 Å². The first-order valence-electron chi connectivity index (χ1n) is 8.38. The minimum atomic E-state index is 0.542. The average molecular weight is 375 g/mol. The molecule has 4 rings (SSSR count). The second-order valence-electron chi connectivity index (χ2n) is 5.98. The van der Waals surface area contributed by atoms with Crippen molar-refractivity contribution in [3.8, 4) is 0 Å². The molecule has 1 aliphatic rings. The van der Waals surface area contributed by atoms with Crippen LogP contribution in [0.1, 0.15) is 0 Å². The Kier molecular flexibility index (Phi) is 4.81. The highest BCUT2D eigenvalue weighted by molar-refractivity contribution is 6.30. The topological polar surface area (TPSA) is 85.1 Å². The summed E-state index contributed by atoms with van der Waals surface area (Å²) in [5.74, 6) is 1.56. The number of rotatable bonds is 5. The Bertz CT molecular complexity index is 876. The number of anilines is 2. The van der Waals surface area contributed by atoms with Crippen LogP contribution in [0.15, 0.2) is 25.0 Å². The molecule has 0 unspecified atom stereocenters. The molecule has 0 amide bonds. The number of nitrogens with zero attached hydrogens (tertiary/aromatic N) is 8. The fraction of sp³-hybridized carbons (Fsp3) is 0.438. The predicted molar refractivity (Wildman–Crippen MR) is 98.7 cm³/mol. The Morgan fingerprint density at radius 2 is 1.73 bits per heavy atom. The van der Waals surface area contributed by atoms with Gasteiger partial charge in [-0.15, -0.1) is 0 Å². The lowest BCUT2D eigenvalue weighted by Crippen LogP contribution is -2.47. The molecule has 1 aliphatic heterocycles. The molecule has 0 saturated carbocycles. The fourth-order valence-corrected chi connectivity index (χ4v) is 3.14. The highest BCUT2D eigenvalue weighted by Gasteiger charge is 2.22. The molecule has 9 nitrogen and oxygen atoms in total. The summed E-state index contributed by atoms with van der Waals surface area (Å²) < 4.78 is 7.13. The summed E-state index contributed by atoms with van der Waals surface area (Å²) >= 11 is 5.86. The van der Waals surface area contributed by atoms with Crippen LogP contribution in [0.25, 0.3) is 11.2 Å². The summed E-state index contributed by atoms with van der Waals surface area (Å²) in [5, 5.41) is 0.542.